The molecule has 0 aliphatic heterocycles. The smallest absolute Gasteiger partial charge is 0.307 e. The van der Waals surface area contributed by atoms with E-state index in [9.17, 15) is 4.79 Å². The molecule has 1 atom stereocenters. The number of nitrogens with zero attached hydrogens (tertiary/aromatic N) is 3. The van der Waals surface area contributed by atoms with Crippen LogP contribution in [0.15, 0.2) is 18.3 Å². The van der Waals surface area contributed by atoms with E-state index in [0.717, 1.165) is 17.0 Å². The van der Waals surface area contributed by atoms with Crippen LogP contribution in [0.1, 0.15) is 31.5 Å². The van der Waals surface area contributed by atoms with Gasteiger partial charge in [0.25, 0.3) is 0 Å². The Kier molecular flexibility index (Phi) is 4.37. The topological polar surface area (TPSA) is 57.0 Å². The second-order valence-corrected chi connectivity index (χ2v) is 4.79. The second kappa shape index (κ2) is 6.02. The molecule has 1 unspecified atom stereocenters. The lowest BCUT2D eigenvalue weighted by Gasteiger charge is -2.09. The fourth-order valence-corrected chi connectivity index (χ4v) is 2.10. The largest absolute Gasteiger partial charge is 0.466 e. The zero-order valence-corrected chi connectivity index (χ0v) is 11.7. The number of ether oxygens (including phenoxy) is 1. The number of halogens is 1. The first-order chi connectivity index (χ1) is 9.13. The first kappa shape index (κ1) is 13.8. The van der Waals surface area contributed by atoms with Gasteiger partial charge in [0.05, 0.1) is 18.4 Å². The second-order valence-electron chi connectivity index (χ2n) is 4.14. The Morgan fingerprint density at radius 3 is 3.05 bits per heavy atom. The summed E-state index contributed by atoms with van der Waals surface area (Å²) in [7, 11) is 0. The summed E-state index contributed by atoms with van der Waals surface area (Å²) < 4.78 is 6.81. The zero-order chi connectivity index (χ0) is 13.8. The zero-order valence-electron chi connectivity index (χ0n) is 11.0. The lowest BCUT2D eigenvalue weighted by atomic mass is 10.4. The van der Waals surface area contributed by atoms with Gasteiger partial charge in [-0.1, -0.05) is 0 Å². The highest BCUT2D eigenvalue weighted by Crippen LogP contribution is 2.23. The molecule has 0 aliphatic carbocycles. The molecule has 0 saturated heterocycles. The summed E-state index contributed by atoms with van der Waals surface area (Å²) in [6.45, 7) is 4.50. The number of carbonyl (C=O) groups excluding carboxylic acids is 1. The standard InChI is InChI=1S/C13H16ClN3O2/c1-3-19-11(18)6-8-17-12(9(2)14)16-10-5-4-7-15-13(10)17/h4-5,7,9H,3,6,8H2,1-2H3. The number of alkyl halides is 1. The molecule has 2 aromatic rings. The van der Waals surface area contributed by atoms with Gasteiger partial charge in [-0.25, -0.2) is 9.97 Å². The van der Waals surface area contributed by atoms with Crippen LogP contribution in [-0.4, -0.2) is 27.1 Å². The van der Waals surface area contributed by atoms with E-state index in [1.54, 1.807) is 13.1 Å². The first-order valence-electron chi connectivity index (χ1n) is 6.24. The third-order valence-electron chi connectivity index (χ3n) is 2.73. The Labute approximate surface area is 116 Å². The Morgan fingerprint density at radius 1 is 1.58 bits per heavy atom. The van der Waals surface area contributed by atoms with Crippen LogP contribution in [0.25, 0.3) is 11.2 Å². The van der Waals surface area contributed by atoms with Crippen molar-refractivity contribution in [3.8, 4) is 0 Å². The predicted molar refractivity (Wildman–Crippen MR) is 73.0 cm³/mol. The molecule has 0 radical (unpaired) electrons. The average molecular weight is 282 g/mol. The summed E-state index contributed by atoms with van der Waals surface area (Å²) in [4.78, 5) is 20.2. The highest BCUT2D eigenvalue weighted by atomic mass is 35.5. The summed E-state index contributed by atoms with van der Waals surface area (Å²) in [6, 6.07) is 3.71. The number of fused-ring (bicyclic) bond motifs is 1. The number of carbonyl (C=O) groups is 1. The maximum atomic E-state index is 11.4. The minimum Gasteiger partial charge on any atom is -0.466 e. The molecule has 6 heteroatoms. The Morgan fingerprint density at radius 2 is 2.37 bits per heavy atom. The van der Waals surface area contributed by atoms with E-state index in [-0.39, 0.29) is 17.8 Å². The lowest BCUT2D eigenvalue weighted by molar-refractivity contribution is -0.143. The minimum absolute atomic E-state index is 0.228. The van der Waals surface area contributed by atoms with Crippen LogP contribution in [0.4, 0.5) is 0 Å². The average Bonchev–Trinajstić information content (AvgIpc) is 2.75. The molecule has 0 saturated carbocycles. The number of aromatic nitrogens is 3. The molecule has 0 spiro atoms. The molecule has 2 rings (SSSR count). The first-order valence-corrected chi connectivity index (χ1v) is 6.68. The fourth-order valence-electron chi connectivity index (χ4n) is 1.94. The normalized spacial score (nSPS) is 12.6. The number of hydrogen-bond donors (Lipinski definition) is 0. The van der Waals surface area contributed by atoms with Gasteiger partial charge in [0, 0.05) is 12.7 Å². The number of aryl methyl sites for hydroxylation is 1. The monoisotopic (exact) mass is 281 g/mol. The highest BCUT2D eigenvalue weighted by Gasteiger charge is 2.16. The van der Waals surface area contributed by atoms with Gasteiger partial charge in [-0.05, 0) is 26.0 Å². The number of hydrogen-bond acceptors (Lipinski definition) is 4. The van der Waals surface area contributed by atoms with Crippen molar-refractivity contribution in [3.05, 3.63) is 24.2 Å². The summed E-state index contributed by atoms with van der Waals surface area (Å²) in [5.74, 6) is 0.494. The minimum atomic E-state index is -0.239. The molecule has 0 N–H and O–H groups in total. The molecule has 19 heavy (non-hydrogen) atoms. The van der Waals surface area contributed by atoms with Gasteiger partial charge < -0.3 is 9.30 Å². The molecule has 0 fully saturated rings. The van der Waals surface area contributed by atoms with Crippen molar-refractivity contribution in [2.24, 2.45) is 0 Å². The van der Waals surface area contributed by atoms with Crippen molar-refractivity contribution in [1.29, 1.82) is 0 Å². The van der Waals surface area contributed by atoms with Gasteiger partial charge in [0.15, 0.2) is 5.65 Å². The van der Waals surface area contributed by atoms with Gasteiger partial charge in [-0.2, -0.15) is 0 Å². The van der Waals surface area contributed by atoms with Crippen LogP contribution in [0, 0.1) is 0 Å². The van der Waals surface area contributed by atoms with E-state index in [4.69, 9.17) is 16.3 Å². The van der Waals surface area contributed by atoms with Crippen LogP contribution in [0.5, 0.6) is 0 Å². The Bertz CT molecular complexity index is 580. The van der Waals surface area contributed by atoms with E-state index in [2.05, 4.69) is 9.97 Å². The quantitative estimate of drug-likeness (QED) is 0.624. The molecule has 2 heterocycles. The van der Waals surface area contributed by atoms with Gasteiger partial charge in [0.2, 0.25) is 0 Å². The summed E-state index contributed by atoms with van der Waals surface area (Å²) in [6.07, 6.45) is 1.99. The molecule has 0 aliphatic rings. The highest BCUT2D eigenvalue weighted by molar-refractivity contribution is 6.20. The lowest BCUT2D eigenvalue weighted by Crippen LogP contribution is -2.11. The molecule has 5 nitrogen and oxygen atoms in total. The van der Waals surface area contributed by atoms with Crippen LogP contribution < -0.4 is 0 Å². The summed E-state index contributed by atoms with van der Waals surface area (Å²) >= 11 is 6.13. The van der Waals surface area contributed by atoms with Crippen molar-refractivity contribution in [2.75, 3.05) is 6.61 Å². The molecular formula is C13H16ClN3O2. The van der Waals surface area contributed by atoms with Gasteiger partial charge in [-0.3, -0.25) is 4.79 Å². The van der Waals surface area contributed by atoms with Gasteiger partial charge >= 0.3 is 5.97 Å². The third-order valence-corrected chi connectivity index (χ3v) is 2.93. The summed E-state index contributed by atoms with van der Waals surface area (Å²) in [5.41, 5.74) is 1.53. The van der Waals surface area contributed by atoms with Crippen LogP contribution in [0.3, 0.4) is 0 Å². The molecule has 0 aromatic carbocycles. The third kappa shape index (κ3) is 3.04. The fraction of sp³-hybridized carbons (Fsp3) is 0.462. The van der Waals surface area contributed by atoms with Crippen LogP contribution in [0.2, 0.25) is 0 Å². The Hall–Kier alpha value is -1.62. The van der Waals surface area contributed by atoms with Crippen molar-refractivity contribution < 1.29 is 9.53 Å². The molecule has 2 aromatic heterocycles. The number of imidazole rings is 1. The number of esters is 1. The molecule has 0 amide bonds. The molecule has 102 valence electrons. The van der Waals surface area contributed by atoms with Crippen molar-refractivity contribution in [3.63, 3.8) is 0 Å². The van der Waals surface area contributed by atoms with E-state index >= 15 is 0 Å². The number of rotatable bonds is 5. The Balaban J connectivity index is 2.29. The van der Waals surface area contributed by atoms with Gasteiger partial charge in [-0.15, -0.1) is 11.6 Å². The van der Waals surface area contributed by atoms with Crippen molar-refractivity contribution in [2.45, 2.75) is 32.2 Å². The maximum absolute atomic E-state index is 11.4. The van der Waals surface area contributed by atoms with Crippen LogP contribution >= 0.6 is 11.6 Å². The maximum Gasteiger partial charge on any atom is 0.307 e. The number of pyridine rings is 1. The SMILES string of the molecule is CCOC(=O)CCn1c(C(C)Cl)nc2cccnc21. The summed E-state index contributed by atoms with van der Waals surface area (Å²) in [5, 5.41) is -0.239. The van der Waals surface area contributed by atoms with Crippen molar-refractivity contribution in [1.82, 2.24) is 14.5 Å². The molecular weight excluding hydrogens is 266 g/mol. The molecule has 0 bridgehead atoms. The van der Waals surface area contributed by atoms with Gasteiger partial charge in [0.1, 0.15) is 11.3 Å². The predicted octanol–water partition coefficient (Wildman–Crippen LogP) is 2.68. The van der Waals surface area contributed by atoms with Crippen molar-refractivity contribution >= 4 is 28.7 Å². The van der Waals surface area contributed by atoms with E-state index in [0.29, 0.717) is 13.2 Å². The van der Waals surface area contributed by atoms with E-state index in [1.165, 1.54) is 0 Å². The van der Waals surface area contributed by atoms with E-state index < -0.39 is 0 Å². The van der Waals surface area contributed by atoms with E-state index in [1.807, 2.05) is 23.6 Å². The van der Waals surface area contributed by atoms with Crippen LogP contribution in [-0.2, 0) is 16.1 Å².